The first kappa shape index (κ1) is 15.1. The summed E-state index contributed by atoms with van der Waals surface area (Å²) in [5, 5.41) is 0. The zero-order valence-electron chi connectivity index (χ0n) is 12.6. The van der Waals surface area contributed by atoms with Crippen LogP contribution in [-0.2, 0) is 14.3 Å². The number of hydrogen-bond acceptors (Lipinski definition) is 4. The lowest BCUT2D eigenvalue weighted by Gasteiger charge is -2.34. The fourth-order valence-corrected chi connectivity index (χ4v) is 2.43. The molecule has 0 spiro atoms. The maximum Gasteiger partial charge on any atom is 0.410 e. The highest BCUT2D eigenvalue weighted by molar-refractivity contribution is 5.82. The summed E-state index contributed by atoms with van der Waals surface area (Å²) in [4.78, 5) is 27.7. The molecule has 0 aromatic heterocycles. The van der Waals surface area contributed by atoms with Crippen LogP contribution in [0.25, 0.3) is 0 Å². The van der Waals surface area contributed by atoms with Crippen molar-refractivity contribution in [3.8, 4) is 0 Å². The first-order valence-corrected chi connectivity index (χ1v) is 7.25. The van der Waals surface area contributed by atoms with E-state index in [0.29, 0.717) is 13.2 Å². The Kier molecular flexibility index (Phi) is 4.52. The molecule has 2 aliphatic rings. The minimum absolute atomic E-state index is 0.00393. The minimum Gasteiger partial charge on any atom is -0.444 e. The number of rotatable bonds is 1. The number of ether oxygens (including phenoxy) is 2. The van der Waals surface area contributed by atoms with Gasteiger partial charge in [-0.25, -0.2) is 4.79 Å². The molecular weight excluding hydrogens is 260 g/mol. The van der Waals surface area contributed by atoms with Crippen molar-refractivity contribution in [3.05, 3.63) is 0 Å². The van der Waals surface area contributed by atoms with Crippen LogP contribution in [-0.4, -0.2) is 66.3 Å². The Bertz CT molecular complexity index is 372. The second-order valence-electron chi connectivity index (χ2n) is 6.32. The molecule has 114 valence electrons. The summed E-state index contributed by atoms with van der Waals surface area (Å²) in [6.45, 7) is 8.22. The topological polar surface area (TPSA) is 59.1 Å². The fourth-order valence-electron chi connectivity index (χ4n) is 2.43. The van der Waals surface area contributed by atoms with Gasteiger partial charge in [0.25, 0.3) is 5.91 Å². The molecule has 2 aliphatic heterocycles. The summed E-state index contributed by atoms with van der Waals surface area (Å²) in [5.74, 6) is -0.00393. The highest BCUT2D eigenvalue weighted by Gasteiger charge is 2.34. The van der Waals surface area contributed by atoms with Gasteiger partial charge in [-0.2, -0.15) is 0 Å². The van der Waals surface area contributed by atoms with Gasteiger partial charge in [-0.05, 0) is 33.6 Å². The van der Waals surface area contributed by atoms with Crippen LogP contribution in [0.1, 0.15) is 33.6 Å². The summed E-state index contributed by atoms with van der Waals surface area (Å²) in [5.41, 5.74) is -0.524. The summed E-state index contributed by atoms with van der Waals surface area (Å²) in [6, 6.07) is 0. The van der Waals surface area contributed by atoms with Crippen LogP contribution in [0.2, 0.25) is 0 Å². The van der Waals surface area contributed by atoms with Crippen LogP contribution in [0.3, 0.4) is 0 Å². The summed E-state index contributed by atoms with van der Waals surface area (Å²) >= 11 is 0. The highest BCUT2D eigenvalue weighted by atomic mass is 16.6. The van der Waals surface area contributed by atoms with Gasteiger partial charge in [0.15, 0.2) is 6.10 Å². The molecule has 20 heavy (non-hydrogen) atoms. The maximum absolute atomic E-state index is 12.3. The summed E-state index contributed by atoms with van der Waals surface area (Å²) in [6.07, 6.45) is 1.18. The molecule has 2 amide bonds. The van der Waals surface area contributed by atoms with E-state index in [1.54, 1.807) is 4.90 Å². The molecule has 6 heteroatoms. The summed E-state index contributed by atoms with van der Waals surface area (Å²) < 4.78 is 10.9. The van der Waals surface area contributed by atoms with Crippen molar-refractivity contribution in [2.24, 2.45) is 0 Å². The summed E-state index contributed by atoms with van der Waals surface area (Å²) in [7, 11) is 0. The van der Waals surface area contributed by atoms with Gasteiger partial charge in [0, 0.05) is 19.6 Å². The zero-order chi connectivity index (χ0) is 14.8. The van der Waals surface area contributed by atoms with Crippen molar-refractivity contribution in [1.82, 2.24) is 9.80 Å². The van der Waals surface area contributed by atoms with Crippen LogP contribution in [0.4, 0.5) is 4.79 Å². The third kappa shape index (κ3) is 3.85. The number of nitrogens with zero attached hydrogens (tertiary/aromatic N) is 2. The largest absolute Gasteiger partial charge is 0.444 e. The maximum atomic E-state index is 12.3. The van der Waals surface area contributed by atoms with E-state index in [1.165, 1.54) is 0 Å². The Morgan fingerprint density at radius 2 is 1.75 bits per heavy atom. The van der Waals surface area contributed by atoms with Gasteiger partial charge in [-0.15, -0.1) is 0 Å². The Labute approximate surface area is 120 Å². The van der Waals surface area contributed by atoms with Crippen molar-refractivity contribution in [2.75, 3.05) is 32.8 Å². The Balaban J connectivity index is 1.91. The third-order valence-corrected chi connectivity index (χ3v) is 3.41. The van der Waals surface area contributed by atoms with Gasteiger partial charge < -0.3 is 19.3 Å². The van der Waals surface area contributed by atoms with Gasteiger partial charge >= 0.3 is 6.09 Å². The molecule has 6 nitrogen and oxygen atoms in total. The smallest absolute Gasteiger partial charge is 0.410 e. The molecule has 1 atom stereocenters. The second kappa shape index (κ2) is 5.99. The molecule has 0 unspecified atom stereocenters. The Hall–Kier alpha value is -1.30. The zero-order valence-corrected chi connectivity index (χ0v) is 12.6. The quantitative estimate of drug-likeness (QED) is 0.727. The standard InChI is InChI=1S/C14H24N2O4/c1-14(2,3)20-13(18)16-8-9-19-11(10-16)12(17)15-6-4-5-7-15/h11H,4-10H2,1-3H3/t11-/m1/s1. The van der Waals surface area contributed by atoms with Gasteiger partial charge in [0.05, 0.1) is 13.2 Å². The monoisotopic (exact) mass is 284 g/mol. The number of carbonyl (C=O) groups excluding carboxylic acids is 2. The molecule has 0 aromatic carbocycles. The molecule has 0 aliphatic carbocycles. The molecule has 2 heterocycles. The van der Waals surface area contributed by atoms with Crippen molar-refractivity contribution < 1.29 is 19.1 Å². The molecule has 0 saturated carbocycles. The first-order valence-electron chi connectivity index (χ1n) is 7.25. The average molecular weight is 284 g/mol. The minimum atomic E-state index is -0.547. The lowest BCUT2D eigenvalue weighted by Crippen LogP contribution is -2.53. The van der Waals surface area contributed by atoms with Crippen molar-refractivity contribution >= 4 is 12.0 Å². The number of amides is 2. The number of hydrogen-bond donors (Lipinski definition) is 0. The molecule has 2 rings (SSSR count). The highest BCUT2D eigenvalue weighted by Crippen LogP contribution is 2.16. The molecule has 2 fully saturated rings. The second-order valence-corrected chi connectivity index (χ2v) is 6.32. The molecule has 0 radical (unpaired) electrons. The number of likely N-dealkylation sites (tertiary alicyclic amines) is 1. The van der Waals surface area contributed by atoms with Crippen molar-refractivity contribution in [1.29, 1.82) is 0 Å². The van der Waals surface area contributed by atoms with E-state index in [0.717, 1.165) is 25.9 Å². The lowest BCUT2D eigenvalue weighted by molar-refractivity contribution is -0.147. The van der Waals surface area contributed by atoms with Crippen LogP contribution < -0.4 is 0 Å². The van der Waals surface area contributed by atoms with Crippen molar-refractivity contribution in [2.45, 2.75) is 45.3 Å². The van der Waals surface area contributed by atoms with Crippen LogP contribution in [0.15, 0.2) is 0 Å². The first-order chi connectivity index (χ1) is 9.37. The van der Waals surface area contributed by atoms with Gasteiger partial charge in [0.1, 0.15) is 5.60 Å². The average Bonchev–Trinajstić information content (AvgIpc) is 2.90. The van der Waals surface area contributed by atoms with Crippen LogP contribution in [0.5, 0.6) is 0 Å². The van der Waals surface area contributed by atoms with E-state index in [4.69, 9.17) is 9.47 Å². The third-order valence-electron chi connectivity index (χ3n) is 3.41. The fraction of sp³-hybridized carbons (Fsp3) is 0.857. The molecule has 0 N–H and O–H groups in total. The van der Waals surface area contributed by atoms with E-state index < -0.39 is 11.7 Å². The van der Waals surface area contributed by atoms with E-state index in [-0.39, 0.29) is 18.5 Å². The molecule has 0 bridgehead atoms. The van der Waals surface area contributed by atoms with E-state index >= 15 is 0 Å². The molecule has 0 aromatic rings. The van der Waals surface area contributed by atoms with Gasteiger partial charge in [0.2, 0.25) is 0 Å². The normalized spacial score (nSPS) is 23.9. The molecular formula is C14H24N2O4. The van der Waals surface area contributed by atoms with Gasteiger partial charge in [-0.3, -0.25) is 4.79 Å². The Morgan fingerprint density at radius 1 is 1.10 bits per heavy atom. The van der Waals surface area contributed by atoms with Crippen LogP contribution in [0, 0.1) is 0 Å². The van der Waals surface area contributed by atoms with Crippen LogP contribution >= 0.6 is 0 Å². The predicted octanol–water partition coefficient (Wildman–Crippen LogP) is 1.24. The van der Waals surface area contributed by atoms with E-state index in [2.05, 4.69) is 0 Å². The number of morpholine rings is 1. The van der Waals surface area contributed by atoms with Gasteiger partial charge in [-0.1, -0.05) is 0 Å². The lowest BCUT2D eigenvalue weighted by atomic mass is 10.2. The van der Waals surface area contributed by atoms with Crippen molar-refractivity contribution in [3.63, 3.8) is 0 Å². The number of carbonyl (C=O) groups is 2. The van der Waals surface area contributed by atoms with E-state index in [1.807, 2.05) is 25.7 Å². The molecule has 2 saturated heterocycles. The Morgan fingerprint density at radius 3 is 2.35 bits per heavy atom. The SMILES string of the molecule is CC(C)(C)OC(=O)N1CCO[C@@H](C(=O)N2CCCC2)C1. The predicted molar refractivity (Wildman–Crippen MR) is 73.4 cm³/mol. The van der Waals surface area contributed by atoms with E-state index in [9.17, 15) is 9.59 Å².